The van der Waals surface area contributed by atoms with E-state index in [1.807, 2.05) is 30.3 Å². The predicted octanol–water partition coefficient (Wildman–Crippen LogP) is 5.49. The van der Waals surface area contributed by atoms with Crippen molar-refractivity contribution in [3.05, 3.63) is 83.4 Å². The van der Waals surface area contributed by atoms with Gasteiger partial charge in [-0.15, -0.1) is 0 Å². The van der Waals surface area contributed by atoms with Crippen LogP contribution in [0.25, 0.3) is 33.5 Å². The van der Waals surface area contributed by atoms with Gasteiger partial charge in [-0.2, -0.15) is 0 Å². The van der Waals surface area contributed by atoms with Crippen molar-refractivity contribution >= 4 is 16.9 Å². The van der Waals surface area contributed by atoms with Crippen LogP contribution in [0.3, 0.4) is 0 Å². The third-order valence-corrected chi connectivity index (χ3v) is 6.02. The molecule has 1 N–H and O–H groups in total. The van der Waals surface area contributed by atoms with E-state index in [0.29, 0.717) is 17.6 Å². The van der Waals surface area contributed by atoms with Crippen molar-refractivity contribution in [1.82, 2.24) is 15.3 Å². The molecule has 0 saturated carbocycles. The lowest BCUT2D eigenvalue weighted by Gasteiger charge is -2.13. The molecule has 0 bridgehead atoms. The number of hydrogen-bond donors (Lipinski definition) is 1. The maximum Gasteiger partial charge on any atom is 0.251 e. The second-order valence-electron chi connectivity index (χ2n) is 8.71. The first kappa shape index (κ1) is 21.3. The number of carbonyl (C=O) groups excluding carboxylic acids is 1. The number of fused-ring (bicyclic) bond motifs is 1. The van der Waals surface area contributed by atoms with Crippen LogP contribution in [-0.2, 0) is 4.74 Å². The molecular formula is C28H27N3O2. The second kappa shape index (κ2) is 9.12. The summed E-state index contributed by atoms with van der Waals surface area (Å²) in [5.41, 5.74) is 8.06. The summed E-state index contributed by atoms with van der Waals surface area (Å²) in [6, 6.07) is 22.1. The summed E-state index contributed by atoms with van der Waals surface area (Å²) in [5.74, 6) is -0.117. The van der Waals surface area contributed by atoms with Crippen LogP contribution >= 0.6 is 0 Å². The Kier molecular flexibility index (Phi) is 5.88. The molecule has 1 aliphatic rings. The molecule has 1 saturated heterocycles. The first-order chi connectivity index (χ1) is 16.1. The highest BCUT2D eigenvalue weighted by atomic mass is 16.5. The third kappa shape index (κ3) is 4.64. The number of aromatic nitrogens is 2. The van der Waals surface area contributed by atoms with E-state index in [9.17, 15) is 4.79 Å². The molecule has 1 unspecified atom stereocenters. The fourth-order valence-corrected chi connectivity index (χ4v) is 4.30. The zero-order chi connectivity index (χ0) is 22.8. The molecule has 0 spiro atoms. The molecule has 3 aromatic carbocycles. The van der Waals surface area contributed by atoms with Crippen molar-refractivity contribution in [2.24, 2.45) is 0 Å². The molecule has 33 heavy (non-hydrogen) atoms. The summed E-state index contributed by atoms with van der Waals surface area (Å²) >= 11 is 0. The molecule has 1 aromatic heterocycles. The van der Waals surface area contributed by atoms with Gasteiger partial charge >= 0.3 is 0 Å². The molecule has 0 radical (unpaired) electrons. The number of hydrogen-bond acceptors (Lipinski definition) is 4. The van der Waals surface area contributed by atoms with E-state index in [1.165, 1.54) is 5.56 Å². The molecule has 5 nitrogen and oxygen atoms in total. The van der Waals surface area contributed by atoms with Gasteiger partial charge in [-0.05, 0) is 57.0 Å². The second-order valence-corrected chi connectivity index (χ2v) is 8.71. The number of aryl methyl sites for hydroxylation is 2. The number of carbonyl (C=O) groups is 1. The molecule has 1 aliphatic heterocycles. The van der Waals surface area contributed by atoms with Crippen LogP contribution in [0.1, 0.15) is 34.3 Å². The number of benzene rings is 3. The van der Waals surface area contributed by atoms with Crippen LogP contribution in [0.4, 0.5) is 0 Å². The SMILES string of the molecule is Cc1cccc(-c2nc3ccc(C(=O)NCC4CCCO4)cc3nc2-c2cccc(C)c2)c1. The molecule has 2 heterocycles. The standard InChI is InChI=1S/C28H27N3O2/c1-18-6-3-8-20(14-18)26-27(21-9-4-7-19(2)15-21)31-25-16-22(11-12-24(25)30-26)28(32)29-17-23-10-5-13-33-23/h3-4,6-9,11-12,14-16,23H,5,10,13,17H2,1-2H3,(H,29,32). The average molecular weight is 438 g/mol. The minimum Gasteiger partial charge on any atom is -0.376 e. The monoisotopic (exact) mass is 437 g/mol. The Morgan fingerprint density at radius 1 is 0.909 bits per heavy atom. The zero-order valence-electron chi connectivity index (χ0n) is 19.0. The Morgan fingerprint density at radius 3 is 2.18 bits per heavy atom. The number of nitrogens with one attached hydrogen (secondary N) is 1. The molecule has 0 aliphatic carbocycles. The molecule has 1 atom stereocenters. The number of ether oxygens (including phenoxy) is 1. The van der Waals surface area contributed by atoms with Crippen molar-refractivity contribution in [3.63, 3.8) is 0 Å². The maximum atomic E-state index is 12.8. The summed E-state index contributed by atoms with van der Waals surface area (Å²) in [7, 11) is 0. The molecule has 4 aromatic rings. The average Bonchev–Trinajstić information content (AvgIpc) is 3.35. The van der Waals surface area contributed by atoms with E-state index >= 15 is 0 Å². The predicted molar refractivity (Wildman–Crippen MR) is 131 cm³/mol. The Morgan fingerprint density at radius 2 is 1.58 bits per heavy atom. The van der Waals surface area contributed by atoms with Gasteiger partial charge in [0.15, 0.2) is 0 Å². The molecule has 166 valence electrons. The van der Waals surface area contributed by atoms with Gasteiger partial charge in [0, 0.05) is 29.8 Å². The highest BCUT2D eigenvalue weighted by molar-refractivity contribution is 5.98. The van der Waals surface area contributed by atoms with E-state index in [1.54, 1.807) is 0 Å². The highest BCUT2D eigenvalue weighted by Gasteiger charge is 2.18. The lowest BCUT2D eigenvalue weighted by molar-refractivity contribution is 0.0858. The molecule has 5 rings (SSSR count). The number of nitrogens with zero attached hydrogens (tertiary/aromatic N) is 2. The molecular weight excluding hydrogens is 410 g/mol. The van der Waals surface area contributed by atoms with Crippen LogP contribution in [0.5, 0.6) is 0 Å². The van der Waals surface area contributed by atoms with Crippen LogP contribution in [-0.4, -0.2) is 35.1 Å². The van der Waals surface area contributed by atoms with E-state index in [-0.39, 0.29) is 12.0 Å². The van der Waals surface area contributed by atoms with Gasteiger partial charge in [-0.3, -0.25) is 4.79 Å². The van der Waals surface area contributed by atoms with E-state index in [2.05, 4.69) is 55.6 Å². The maximum absolute atomic E-state index is 12.8. The Hall–Kier alpha value is -3.57. The smallest absolute Gasteiger partial charge is 0.251 e. The van der Waals surface area contributed by atoms with Crippen molar-refractivity contribution in [1.29, 1.82) is 0 Å². The van der Waals surface area contributed by atoms with Crippen molar-refractivity contribution in [2.45, 2.75) is 32.8 Å². The third-order valence-electron chi connectivity index (χ3n) is 6.02. The van der Waals surface area contributed by atoms with Crippen LogP contribution in [0.15, 0.2) is 66.7 Å². The van der Waals surface area contributed by atoms with Crippen molar-refractivity contribution in [2.75, 3.05) is 13.2 Å². The van der Waals surface area contributed by atoms with E-state index in [0.717, 1.165) is 53.0 Å². The van der Waals surface area contributed by atoms with Crippen molar-refractivity contribution in [3.8, 4) is 22.5 Å². The largest absolute Gasteiger partial charge is 0.376 e. The Bertz CT molecular complexity index is 1330. The van der Waals surface area contributed by atoms with Gasteiger partial charge in [0.2, 0.25) is 0 Å². The first-order valence-electron chi connectivity index (χ1n) is 11.4. The van der Waals surface area contributed by atoms with Gasteiger partial charge < -0.3 is 10.1 Å². The van der Waals surface area contributed by atoms with E-state index in [4.69, 9.17) is 14.7 Å². The quantitative estimate of drug-likeness (QED) is 0.448. The summed E-state index contributed by atoms with van der Waals surface area (Å²) < 4.78 is 5.61. The number of rotatable bonds is 5. The van der Waals surface area contributed by atoms with Gasteiger partial charge in [0.1, 0.15) is 0 Å². The highest BCUT2D eigenvalue weighted by Crippen LogP contribution is 2.32. The lowest BCUT2D eigenvalue weighted by atomic mass is 10.0. The Labute approximate surface area is 193 Å². The minimum absolute atomic E-state index is 0.110. The van der Waals surface area contributed by atoms with Gasteiger partial charge in [0.25, 0.3) is 5.91 Å². The van der Waals surface area contributed by atoms with Crippen molar-refractivity contribution < 1.29 is 9.53 Å². The fourth-order valence-electron chi connectivity index (χ4n) is 4.30. The minimum atomic E-state index is -0.117. The van der Waals surface area contributed by atoms with Crippen LogP contribution < -0.4 is 5.32 Å². The topological polar surface area (TPSA) is 64.1 Å². The molecule has 1 fully saturated rings. The normalized spacial score (nSPS) is 15.6. The first-order valence-corrected chi connectivity index (χ1v) is 11.4. The van der Waals surface area contributed by atoms with Gasteiger partial charge in [0.05, 0.1) is 28.5 Å². The van der Waals surface area contributed by atoms with E-state index < -0.39 is 0 Å². The fraction of sp³-hybridized carbons (Fsp3) is 0.250. The summed E-state index contributed by atoms with van der Waals surface area (Å²) in [6.07, 6.45) is 2.15. The number of amides is 1. The molecule has 1 amide bonds. The zero-order valence-corrected chi connectivity index (χ0v) is 19.0. The lowest BCUT2D eigenvalue weighted by Crippen LogP contribution is -2.31. The Balaban J connectivity index is 1.56. The summed E-state index contributed by atoms with van der Waals surface area (Å²) in [4.78, 5) is 22.7. The summed E-state index contributed by atoms with van der Waals surface area (Å²) in [5, 5.41) is 2.99. The van der Waals surface area contributed by atoms with Gasteiger partial charge in [-0.25, -0.2) is 9.97 Å². The molecule has 5 heteroatoms. The van der Waals surface area contributed by atoms with Crippen LogP contribution in [0.2, 0.25) is 0 Å². The summed E-state index contributed by atoms with van der Waals surface area (Å²) in [6.45, 7) is 5.45. The van der Waals surface area contributed by atoms with Gasteiger partial charge in [-0.1, -0.05) is 47.5 Å². The van der Waals surface area contributed by atoms with Crippen LogP contribution in [0, 0.1) is 13.8 Å².